The zero-order valence-corrected chi connectivity index (χ0v) is 10.7. The molecule has 0 aliphatic heterocycles. The van der Waals surface area contributed by atoms with E-state index in [1.165, 1.54) is 0 Å². The third kappa shape index (κ3) is 2.25. The highest BCUT2D eigenvalue weighted by Gasteiger charge is 2.30. The molecular formula is C12H12BrN3O. The average molecular weight is 294 g/mol. The van der Waals surface area contributed by atoms with Gasteiger partial charge in [0.15, 0.2) is 5.82 Å². The quantitative estimate of drug-likeness (QED) is 0.945. The summed E-state index contributed by atoms with van der Waals surface area (Å²) in [6.45, 7) is 0. The van der Waals surface area contributed by atoms with Crippen LogP contribution in [-0.2, 0) is 0 Å². The van der Waals surface area contributed by atoms with Crippen LogP contribution in [0, 0.1) is 0 Å². The Balaban J connectivity index is 1.86. The lowest BCUT2D eigenvalue weighted by atomic mass is 10.1. The van der Waals surface area contributed by atoms with Crippen molar-refractivity contribution in [3.05, 3.63) is 46.0 Å². The van der Waals surface area contributed by atoms with Gasteiger partial charge in [0.2, 0.25) is 5.89 Å². The lowest BCUT2D eigenvalue weighted by molar-refractivity contribution is 0.372. The van der Waals surface area contributed by atoms with E-state index in [1.54, 1.807) is 0 Å². The van der Waals surface area contributed by atoms with Gasteiger partial charge < -0.3 is 10.3 Å². The summed E-state index contributed by atoms with van der Waals surface area (Å²) in [5, 5.41) is 3.96. The molecule has 4 nitrogen and oxygen atoms in total. The van der Waals surface area contributed by atoms with Crippen molar-refractivity contribution in [1.29, 1.82) is 0 Å². The Morgan fingerprint density at radius 2 is 2.24 bits per heavy atom. The molecule has 2 N–H and O–H groups in total. The van der Waals surface area contributed by atoms with Crippen molar-refractivity contribution < 1.29 is 4.52 Å². The molecule has 17 heavy (non-hydrogen) atoms. The molecular weight excluding hydrogens is 282 g/mol. The van der Waals surface area contributed by atoms with Gasteiger partial charge in [0.05, 0.1) is 6.04 Å². The normalized spacial score (nSPS) is 17.1. The molecule has 0 bridgehead atoms. The van der Waals surface area contributed by atoms with Gasteiger partial charge in [-0.25, -0.2) is 0 Å². The average Bonchev–Trinajstić information content (AvgIpc) is 3.07. The van der Waals surface area contributed by atoms with E-state index in [0.717, 1.165) is 28.8 Å². The smallest absolute Gasteiger partial charge is 0.229 e. The maximum atomic E-state index is 6.11. The number of nitrogens with zero attached hydrogens (tertiary/aromatic N) is 2. The first-order valence-corrected chi connectivity index (χ1v) is 6.38. The minimum Gasteiger partial charge on any atom is -0.339 e. The first kappa shape index (κ1) is 10.9. The van der Waals surface area contributed by atoms with Crippen molar-refractivity contribution in [2.24, 2.45) is 5.73 Å². The number of benzene rings is 1. The fourth-order valence-corrected chi connectivity index (χ4v) is 2.14. The number of halogens is 1. The Bertz CT molecular complexity index is 536. The number of nitrogens with two attached hydrogens (primary N) is 1. The fraction of sp³-hybridized carbons (Fsp3) is 0.333. The maximum absolute atomic E-state index is 6.11. The van der Waals surface area contributed by atoms with Crippen LogP contribution in [-0.4, -0.2) is 10.1 Å². The largest absolute Gasteiger partial charge is 0.339 e. The number of aromatic nitrogens is 2. The number of rotatable bonds is 3. The molecule has 0 spiro atoms. The van der Waals surface area contributed by atoms with Gasteiger partial charge in [-0.05, 0) is 30.5 Å². The van der Waals surface area contributed by atoms with Gasteiger partial charge in [-0.1, -0.05) is 33.2 Å². The van der Waals surface area contributed by atoms with Gasteiger partial charge in [0.25, 0.3) is 0 Å². The molecule has 3 rings (SSSR count). The van der Waals surface area contributed by atoms with Crippen LogP contribution in [0.1, 0.15) is 42.1 Å². The molecule has 2 aromatic rings. The van der Waals surface area contributed by atoms with E-state index in [2.05, 4.69) is 26.1 Å². The van der Waals surface area contributed by atoms with Crippen LogP contribution in [0.15, 0.2) is 33.3 Å². The summed E-state index contributed by atoms with van der Waals surface area (Å²) in [7, 11) is 0. The molecule has 1 heterocycles. The molecule has 5 heteroatoms. The Kier molecular flexibility index (Phi) is 2.72. The maximum Gasteiger partial charge on any atom is 0.229 e. The Labute approximate surface area is 107 Å². The second-order valence-corrected chi connectivity index (χ2v) is 5.21. The number of hydrogen-bond donors (Lipinski definition) is 1. The molecule has 1 aliphatic rings. The Hall–Kier alpha value is -1.20. The second kappa shape index (κ2) is 4.23. The zero-order chi connectivity index (χ0) is 11.8. The molecule has 0 amide bonds. The summed E-state index contributed by atoms with van der Waals surface area (Å²) < 4.78 is 6.21. The zero-order valence-electron chi connectivity index (χ0n) is 9.14. The van der Waals surface area contributed by atoms with Crippen LogP contribution in [0.2, 0.25) is 0 Å². The first-order valence-electron chi connectivity index (χ1n) is 5.58. The molecule has 1 atom stereocenters. The first-order chi connectivity index (χ1) is 8.24. The molecule has 1 aliphatic carbocycles. The predicted molar refractivity (Wildman–Crippen MR) is 66.4 cm³/mol. The van der Waals surface area contributed by atoms with Crippen LogP contribution in [0.5, 0.6) is 0 Å². The van der Waals surface area contributed by atoms with Crippen molar-refractivity contribution in [3.8, 4) is 0 Å². The lowest BCUT2D eigenvalue weighted by Gasteiger charge is -2.07. The summed E-state index contributed by atoms with van der Waals surface area (Å²) in [4.78, 5) is 4.36. The molecule has 1 unspecified atom stereocenters. The summed E-state index contributed by atoms with van der Waals surface area (Å²) in [5.41, 5.74) is 7.09. The molecule has 1 aromatic heterocycles. The predicted octanol–water partition coefficient (Wildman–Crippen LogP) is 2.76. The van der Waals surface area contributed by atoms with E-state index in [9.17, 15) is 0 Å². The van der Waals surface area contributed by atoms with Crippen molar-refractivity contribution in [2.45, 2.75) is 24.8 Å². The van der Waals surface area contributed by atoms with E-state index in [-0.39, 0.29) is 6.04 Å². The van der Waals surface area contributed by atoms with Gasteiger partial charge >= 0.3 is 0 Å². The van der Waals surface area contributed by atoms with Crippen molar-refractivity contribution in [2.75, 3.05) is 0 Å². The van der Waals surface area contributed by atoms with E-state index in [0.29, 0.717) is 11.7 Å². The van der Waals surface area contributed by atoms with Gasteiger partial charge in [-0.2, -0.15) is 4.98 Å². The molecule has 0 radical (unpaired) electrons. The van der Waals surface area contributed by atoms with Crippen LogP contribution < -0.4 is 5.73 Å². The highest BCUT2D eigenvalue weighted by molar-refractivity contribution is 9.10. The standard InChI is InChI=1S/C12H12BrN3O/c13-9-3-1-2-8(6-9)10(14)11-15-12(17-16-11)7-4-5-7/h1-3,6-7,10H,4-5,14H2. The summed E-state index contributed by atoms with van der Waals surface area (Å²) in [6, 6.07) is 7.51. The highest BCUT2D eigenvalue weighted by atomic mass is 79.9. The third-order valence-electron chi connectivity index (χ3n) is 2.87. The molecule has 0 saturated heterocycles. The monoisotopic (exact) mass is 293 g/mol. The summed E-state index contributed by atoms with van der Waals surface area (Å²) >= 11 is 3.42. The SMILES string of the molecule is NC(c1cccc(Br)c1)c1noc(C2CC2)n1. The highest BCUT2D eigenvalue weighted by Crippen LogP contribution is 2.39. The van der Waals surface area contributed by atoms with E-state index in [4.69, 9.17) is 10.3 Å². The van der Waals surface area contributed by atoms with E-state index in [1.807, 2.05) is 24.3 Å². The minimum absolute atomic E-state index is 0.330. The van der Waals surface area contributed by atoms with Gasteiger partial charge in [0, 0.05) is 10.4 Å². The lowest BCUT2D eigenvalue weighted by Crippen LogP contribution is -2.13. The molecule has 88 valence electrons. The van der Waals surface area contributed by atoms with Gasteiger partial charge in [-0.15, -0.1) is 0 Å². The fourth-order valence-electron chi connectivity index (χ4n) is 1.72. The Morgan fingerprint density at radius 3 is 2.94 bits per heavy atom. The van der Waals surface area contributed by atoms with E-state index >= 15 is 0 Å². The number of hydrogen-bond acceptors (Lipinski definition) is 4. The van der Waals surface area contributed by atoms with E-state index < -0.39 is 0 Å². The molecule has 1 aromatic carbocycles. The molecule has 1 saturated carbocycles. The summed E-state index contributed by atoms with van der Waals surface area (Å²) in [5.74, 6) is 1.75. The van der Waals surface area contributed by atoms with Gasteiger partial charge in [0.1, 0.15) is 0 Å². The topological polar surface area (TPSA) is 64.9 Å². The summed E-state index contributed by atoms with van der Waals surface area (Å²) in [6.07, 6.45) is 2.29. The van der Waals surface area contributed by atoms with Crippen molar-refractivity contribution in [1.82, 2.24) is 10.1 Å². The minimum atomic E-state index is -0.330. The molecule has 1 fully saturated rings. The van der Waals surface area contributed by atoms with Crippen molar-refractivity contribution in [3.63, 3.8) is 0 Å². The second-order valence-electron chi connectivity index (χ2n) is 4.30. The van der Waals surface area contributed by atoms with Crippen LogP contribution in [0.3, 0.4) is 0 Å². The van der Waals surface area contributed by atoms with Gasteiger partial charge in [-0.3, -0.25) is 0 Å². The van der Waals surface area contributed by atoms with Crippen LogP contribution in [0.4, 0.5) is 0 Å². The van der Waals surface area contributed by atoms with Crippen molar-refractivity contribution >= 4 is 15.9 Å². The van der Waals surface area contributed by atoms with Crippen LogP contribution >= 0.6 is 15.9 Å². The van der Waals surface area contributed by atoms with Crippen LogP contribution in [0.25, 0.3) is 0 Å². The Morgan fingerprint density at radius 1 is 1.41 bits per heavy atom. The third-order valence-corrected chi connectivity index (χ3v) is 3.36.